The predicted octanol–water partition coefficient (Wildman–Crippen LogP) is 3.05. The first kappa shape index (κ1) is 10.4. The number of rotatable bonds is 2. The van der Waals surface area contributed by atoms with Crippen LogP contribution in [0, 0.1) is 5.41 Å². The van der Waals surface area contributed by atoms with Crippen LogP contribution in [0.1, 0.15) is 52.4 Å². The van der Waals surface area contributed by atoms with Crippen molar-refractivity contribution in [3.8, 4) is 0 Å². The van der Waals surface area contributed by atoms with Gasteiger partial charge < -0.3 is 5.32 Å². The Morgan fingerprint density at radius 3 is 2.36 bits per heavy atom. The van der Waals surface area contributed by atoms with Crippen molar-refractivity contribution in [1.82, 2.24) is 5.32 Å². The van der Waals surface area contributed by atoms with Gasteiger partial charge in [0.1, 0.15) is 6.17 Å². The van der Waals surface area contributed by atoms with Crippen molar-refractivity contribution in [3.05, 3.63) is 0 Å². The summed E-state index contributed by atoms with van der Waals surface area (Å²) < 4.78 is 13.5. The Morgan fingerprint density at radius 2 is 1.79 bits per heavy atom. The van der Waals surface area contributed by atoms with E-state index in [9.17, 15) is 4.39 Å². The lowest BCUT2D eigenvalue weighted by Crippen LogP contribution is -2.53. The Labute approximate surface area is 86.5 Å². The zero-order valence-corrected chi connectivity index (χ0v) is 9.35. The average Bonchev–Trinajstić information content (AvgIpc) is 2.05. The molecule has 2 aliphatic carbocycles. The topological polar surface area (TPSA) is 12.0 Å². The van der Waals surface area contributed by atoms with E-state index >= 15 is 0 Å². The number of nitrogens with one attached hydrogen (secondary N) is 1. The number of hydrogen-bond acceptors (Lipinski definition) is 1. The van der Waals surface area contributed by atoms with Crippen LogP contribution in [0.25, 0.3) is 0 Å². The van der Waals surface area contributed by atoms with Gasteiger partial charge >= 0.3 is 0 Å². The van der Waals surface area contributed by atoms with Gasteiger partial charge in [-0.15, -0.1) is 0 Å². The van der Waals surface area contributed by atoms with Gasteiger partial charge in [-0.1, -0.05) is 26.7 Å². The first-order valence-electron chi connectivity index (χ1n) is 5.97. The normalized spacial score (nSPS) is 37.9. The van der Waals surface area contributed by atoms with Gasteiger partial charge in [0, 0.05) is 12.1 Å². The van der Waals surface area contributed by atoms with Gasteiger partial charge in [-0.3, -0.25) is 0 Å². The van der Waals surface area contributed by atoms with E-state index in [1.165, 1.54) is 19.3 Å². The highest BCUT2D eigenvalue weighted by atomic mass is 19.1. The fourth-order valence-corrected chi connectivity index (χ4v) is 2.97. The van der Waals surface area contributed by atoms with Gasteiger partial charge in [-0.05, 0) is 31.1 Å². The lowest BCUT2D eigenvalue weighted by molar-refractivity contribution is 0.0874. The second-order valence-electron chi connectivity index (χ2n) is 5.84. The molecule has 0 bridgehead atoms. The molecular formula is C12H22FN. The van der Waals surface area contributed by atoms with E-state index in [2.05, 4.69) is 19.2 Å². The van der Waals surface area contributed by atoms with Crippen LogP contribution in [-0.2, 0) is 0 Å². The summed E-state index contributed by atoms with van der Waals surface area (Å²) >= 11 is 0. The summed E-state index contributed by atoms with van der Waals surface area (Å²) in [7, 11) is 0. The number of alkyl halides is 1. The molecule has 0 spiro atoms. The van der Waals surface area contributed by atoms with Gasteiger partial charge in [0.2, 0.25) is 0 Å². The zero-order valence-electron chi connectivity index (χ0n) is 9.35. The molecule has 2 fully saturated rings. The van der Waals surface area contributed by atoms with E-state index in [1.807, 2.05) is 0 Å². The third kappa shape index (κ3) is 2.28. The molecule has 0 saturated heterocycles. The lowest BCUT2D eigenvalue weighted by atomic mass is 9.68. The lowest BCUT2D eigenvalue weighted by Gasteiger charge is -2.45. The summed E-state index contributed by atoms with van der Waals surface area (Å²) in [6.07, 6.45) is 5.94. The largest absolute Gasteiger partial charge is 0.308 e. The van der Waals surface area contributed by atoms with Crippen molar-refractivity contribution in [3.63, 3.8) is 0 Å². The molecular weight excluding hydrogens is 177 g/mol. The minimum Gasteiger partial charge on any atom is -0.308 e. The highest BCUT2D eigenvalue weighted by Crippen LogP contribution is 2.40. The molecule has 2 atom stereocenters. The Balaban J connectivity index is 1.75. The van der Waals surface area contributed by atoms with E-state index in [0.717, 1.165) is 19.3 Å². The van der Waals surface area contributed by atoms with E-state index < -0.39 is 6.17 Å². The SMILES string of the molecule is CC1(C)CC(N[C@@H]2CCCC[C@H]2F)C1. The Bertz CT molecular complexity index is 194. The van der Waals surface area contributed by atoms with Gasteiger partial charge in [0.05, 0.1) is 0 Å². The van der Waals surface area contributed by atoms with Crippen molar-refractivity contribution in [2.45, 2.75) is 70.6 Å². The van der Waals surface area contributed by atoms with Crippen molar-refractivity contribution in [2.24, 2.45) is 5.41 Å². The molecule has 82 valence electrons. The van der Waals surface area contributed by atoms with Crippen molar-refractivity contribution >= 4 is 0 Å². The first-order valence-corrected chi connectivity index (χ1v) is 5.97. The highest BCUT2D eigenvalue weighted by molar-refractivity contribution is 4.95. The molecule has 0 unspecified atom stereocenters. The van der Waals surface area contributed by atoms with Crippen molar-refractivity contribution in [2.75, 3.05) is 0 Å². The fraction of sp³-hybridized carbons (Fsp3) is 1.00. The summed E-state index contributed by atoms with van der Waals surface area (Å²) in [5, 5.41) is 3.49. The van der Waals surface area contributed by atoms with Crippen LogP contribution < -0.4 is 5.32 Å². The molecule has 0 heterocycles. The molecule has 1 nitrogen and oxygen atoms in total. The van der Waals surface area contributed by atoms with Crippen LogP contribution >= 0.6 is 0 Å². The van der Waals surface area contributed by atoms with Gasteiger partial charge in [-0.2, -0.15) is 0 Å². The summed E-state index contributed by atoms with van der Waals surface area (Å²) in [6.45, 7) is 4.58. The molecule has 0 amide bonds. The van der Waals surface area contributed by atoms with Crippen molar-refractivity contribution in [1.29, 1.82) is 0 Å². The van der Waals surface area contributed by atoms with Gasteiger partial charge in [0.15, 0.2) is 0 Å². The van der Waals surface area contributed by atoms with Crippen molar-refractivity contribution < 1.29 is 4.39 Å². The van der Waals surface area contributed by atoms with Crippen LogP contribution in [-0.4, -0.2) is 18.3 Å². The summed E-state index contributed by atoms with van der Waals surface area (Å²) in [4.78, 5) is 0. The van der Waals surface area contributed by atoms with Crippen LogP contribution in [0.3, 0.4) is 0 Å². The molecule has 14 heavy (non-hydrogen) atoms. The fourth-order valence-electron chi connectivity index (χ4n) is 2.97. The molecule has 0 aliphatic heterocycles. The molecule has 0 aromatic rings. The maximum atomic E-state index is 13.5. The maximum absolute atomic E-state index is 13.5. The minimum atomic E-state index is -0.590. The Morgan fingerprint density at radius 1 is 1.14 bits per heavy atom. The number of halogens is 1. The van der Waals surface area contributed by atoms with E-state index in [-0.39, 0.29) is 6.04 Å². The molecule has 0 aromatic carbocycles. The molecule has 2 aliphatic rings. The average molecular weight is 199 g/mol. The van der Waals surface area contributed by atoms with Gasteiger partial charge in [0.25, 0.3) is 0 Å². The monoisotopic (exact) mass is 199 g/mol. The Hall–Kier alpha value is -0.110. The van der Waals surface area contributed by atoms with E-state index in [1.54, 1.807) is 0 Å². The Kier molecular flexibility index (Phi) is 2.83. The zero-order chi connectivity index (χ0) is 10.2. The summed E-state index contributed by atoms with van der Waals surface area (Å²) in [5.74, 6) is 0. The molecule has 0 aromatic heterocycles. The van der Waals surface area contributed by atoms with E-state index in [0.29, 0.717) is 11.5 Å². The summed E-state index contributed by atoms with van der Waals surface area (Å²) in [6, 6.07) is 0.746. The summed E-state index contributed by atoms with van der Waals surface area (Å²) in [5.41, 5.74) is 0.498. The second kappa shape index (κ2) is 3.80. The molecule has 2 rings (SSSR count). The first-order chi connectivity index (χ1) is 6.57. The smallest absolute Gasteiger partial charge is 0.115 e. The van der Waals surface area contributed by atoms with Crippen LogP contribution in [0.15, 0.2) is 0 Å². The van der Waals surface area contributed by atoms with Gasteiger partial charge in [-0.25, -0.2) is 4.39 Å². The molecule has 2 heteroatoms. The minimum absolute atomic E-state index is 0.157. The quantitative estimate of drug-likeness (QED) is 0.720. The third-order valence-electron chi connectivity index (χ3n) is 3.73. The predicted molar refractivity (Wildman–Crippen MR) is 57.1 cm³/mol. The highest BCUT2D eigenvalue weighted by Gasteiger charge is 2.38. The standard InChI is InChI=1S/C12H22FN/c1-12(2)7-9(8-12)14-11-6-4-3-5-10(11)13/h9-11,14H,3-8H2,1-2H3/t10-,11-/m1/s1. The molecule has 1 N–H and O–H groups in total. The van der Waals surface area contributed by atoms with E-state index in [4.69, 9.17) is 0 Å². The van der Waals surface area contributed by atoms with Crippen LogP contribution in [0.4, 0.5) is 4.39 Å². The molecule has 0 radical (unpaired) electrons. The molecule has 2 saturated carbocycles. The maximum Gasteiger partial charge on any atom is 0.115 e. The van der Waals surface area contributed by atoms with Crippen LogP contribution in [0.2, 0.25) is 0 Å². The van der Waals surface area contributed by atoms with Crippen LogP contribution in [0.5, 0.6) is 0 Å². The third-order valence-corrected chi connectivity index (χ3v) is 3.73. The second-order valence-corrected chi connectivity index (χ2v) is 5.84. The number of hydrogen-bond donors (Lipinski definition) is 1.